The molecule has 2 aromatic heterocycles. The summed E-state index contributed by atoms with van der Waals surface area (Å²) in [5.41, 5.74) is 1.11. The molecule has 0 saturated carbocycles. The summed E-state index contributed by atoms with van der Waals surface area (Å²) >= 11 is 0. The number of nitrogens with zero attached hydrogens (tertiary/aromatic N) is 5. The molecule has 0 radical (unpaired) electrons. The molecule has 0 aromatic carbocycles. The lowest BCUT2D eigenvalue weighted by Gasteiger charge is -2.07. The fourth-order valence-corrected chi connectivity index (χ4v) is 1.84. The zero-order chi connectivity index (χ0) is 15.2. The third kappa shape index (κ3) is 4.23. The number of amides is 1. The molecular formula is C13H19N7O. The van der Waals surface area contributed by atoms with Crippen LogP contribution in [0.2, 0.25) is 0 Å². The summed E-state index contributed by atoms with van der Waals surface area (Å²) in [5.74, 6) is 1.05. The van der Waals surface area contributed by atoms with E-state index < -0.39 is 0 Å². The summed E-state index contributed by atoms with van der Waals surface area (Å²) in [4.78, 5) is 24.2. The highest BCUT2D eigenvalue weighted by atomic mass is 16.1. The van der Waals surface area contributed by atoms with Crippen molar-refractivity contribution in [3.63, 3.8) is 0 Å². The molecule has 0 unspecified atom stereocenters. The van der Waals surface area contributed by atoms with Crippen molar-refractivity contribution >= 4 is 11.9 Å². The predicted octanol–water partition coefficient (Wildman–Crippen LogP) is 0.318. The van der Waals surface area contributed by atoms with Gasteiger partial charge in [0.05, 0.1) is 0 Å². The first kappa shape index (κ1) is 14.9. The second-order valence-electron chi connectivity index (χ2n) is 4.66. The third-order valence-corrected chi connectivity index (χ3v) is 2.82. The molecule has 0 bridgehead atoms. The summed E-state index contributed by atoms with van der Waals surface area (Å²) in [5, 5.41) is 9.88. The largest absolute Gasteiger partial charge is 0.354 e. The number of carbonyl (C=O) groups is 1. The minimum absolute atomic E-state index is 0.221. The van der Waals surface area contributed by atoms with Crippen molar-refractivity contribution in [1.82, 2.24) is 30.0 Å². The average molecular weight is 289 g/mol. The Morgan fingerprint density at radius 3 is 2.86 bits per heavy atom. The molecule has 0 aliphatic carbocycles. The van der Waals surface area contributed by atoms with E-state index in [4.69, 9.17) is 0 Å². The number of aryl methyl sites for hydroxylation is 3. The molecule has 1 amide bonds. The molecule has 112 valence electrons. The first-order valence-electron chi connectivity index (χ1n) is 6.74. The molecule has 2 N–H and O–H groups in total. The molecule has 0 atom stereocenters. The monoisotopic (exact) mass is 289 g/mol. The van der Waals surface area contributed by atoms with Gasteiger partial charge in [0, 0.05) is 32.8 Å². The number of hydrogen-bond acceptors (Lipinski definition) is 6. The van der Waals surface area contributed by atoms with Crippen LogP contribution in [0.5, 0.6) is 0 Å². The highest BCUT2D eigenvalue weighted by molar-refractivity contribution is 5.92. The van der Waals surface area contributed by atoms with Crippen molar-refractivity contribution < 1.29 is 4.79 Å². The van der Waals surface area contributed by atoms with Gasteiger partial charge in [-0.25, -0.2) is 15.0 Å². The van der Waals surface area contributed by atoms with Crippen LogP contribution in [-0.4, -0.2) is 44.2 Å². The second-order valence-corrected chi connectivity index (χ2v) is 4.66. The first-order chi connectivity index (χ1) is 10.1. The number of carbonyl (C=O) groups excluding carboxylic acids is 1. The van der Waals surface area contributed by atoms with Crippen LogP contribution in [-0.2, 0) is 13.5 Å². The smallest absolute Gasteiger partial charge is 0.269 e. The van der Waals surface area contributed by atoms with Crippen LogP contribution < -0.4 is 10.6 Å². The molecule has 2 aromatic rings. The highest BCUT2D eigenvalue weighted by Gasteiger charge is 2.08. The molecule has 0 fully saturated rings. The number of aromatic nitrogens is 5. The Balaban J connectivity index is 1.88. The van der Waals surface area contributed by atoms with Crippen LogP contribution in [0.25, 0.3) is 0 Å². The van der Waals surface area contributed by atoms with Gasteiger partial charge in [0.15, 0.2) is 5.82 Å². The van der Waals surface area contributed by atoms with E-state index in [1.807, 2.05) is 14.0 Å². The zero-order valence-electron chi connectivity index (χ0n) is 12.4. The Kier molecular flexibility index (Phi) is 4.81. The lowest BCUT2D eigenvalue weighted by molar-refractivity contribution is 0.0958. The van der Waals surface area contributed by atoms with Gasteiger partial charge in [-0.3, -0.25) is 9.48 Å². The zero-order valence-corrected chi connectivity index (χ0v) is 12.4. The summed E-state index contributed by atoms with van der Waals surface area (Å²) in [7, 11) is 3.42. The van der Waals surface area contributed by atoms with Crippen LogP contribution >= 0.6 is 0 Å². The van der Waals surface area contributed by atoms with Gasteiger partial charge < -0.3 is 10.6 Å². The Morgan fingerprint density at radius 2 is 2.19 bits per heavy atom. The lowest BCUT2D eigenvalue weighted by Crippen LogP contribution is -2.20. The topological polar surface area (TPSA) is 97.6 Å². The van der Waals surface area contributed by atoms with Gasteiger partial charge in [0.1, 0.15) is 12.0 Å². The maximum Gasteiger partial charge on any atom is 0.269 e. The van der Waals surface area contributed by atoms with Gasteiger partial charge >= 0.3 is 0 Å². The van der Waals surface area contributed by atoms with Gasteiger partial charge in [-0.2, -0.15) is 5.10 Å². The second kappa shape index (κ2) is 6.78. The standard InChI is InChI=1S/C13H19N7O/c1-9-7-10(12(21)14-2)18-13(17-9)15-6-4-5-11-16-8-20(3)19-11/h7-8H,4-6H2,1-3H3,(H,14,21)(H,15,17,18). The summed E-state index contributed by atoms with van der Waals surface area (Å²) in [6, 6.07) is 1.65. The predicted molar refractivity (Wildman–Crippen MR) is 78.0 cm³/mol. The van der Waals surface area contributed by atoms with E-state index in [2.05, 4.69) is 30.7 Å². The van der Waals surface area contributed by atoms with Crippen molar-refractivity contribution in [1.29, 1.82) is 0 Å². The minimum Gasteiger partial charge on any atom is -0.354 e. The van der Waals surface area contributed by atoms with E-state index in [0.29, 0.717) is 18.2 Å². The van der Waals surface area contributed by atoms with Gasteiger partial charge in [-0.05, 0) is 19.4 Å². The highest BCUT2D eigenvalue weighted by Crippen LogP contribution is 2.05. The van der Waals surface area contributed by atoms with Crippen molar-refractivity contribution in [3.8, 4) is 0 Å². The fraction of sp³-hybridized carbons (Fsp3) is 0.462. The Morgan fingerprint density at radius 1 is 1.38 bits per heavy atom. The molecule has 8 heteroatoms. The van der Waals surface area contributed by atoms with Crippen LogP contribution in [0.1, 0.15) is 28.4 Å². The Bertz CT molecular complexity index is 623. The fourth-order valence-electron chi connectivity index (χ4n) is 1.84. The SMILES string of the molecule is CNC(=O)c1cc(C)nc(NCCCc2ncn(C)n2)n1. The normalized spacial score (nSPS) is 10.4. The Hall–Kier alpha value is -2.51. The minimum atomic E-state index is -0.221. The number of nitrogens with one attached hydrogen (secondary N) is 2. The van der Waals surface area contributed by atoms with E-state index in [1.165, 1.54) is 0 Å². The summed E-state index contributed by atoms with van der Waals surface area (Å²) in [6.45, 7) is 2.52. The maximum atomic E-state index is 11.6. The lowest BCUT2D eigenvalue weighted by atomic mass is 10.3. The van der Waals surface area contributed by atoms with Crippen molar-refractivity contribution in [2.75, 3.05) is 18.9 Å². The van der Waals surface area contributed by atoms with Gasteiger partial charge in [0.25, 0.3) is 5.91 Å². The molecular weight excluding hydrogens is 270 g/mol. The van der Waals surface area contributed by atoms with Gasteiger partial charge in [-0.1, -0.05) is 0 Å². The van der Waals surface area contributed by atoms with Crippen molar-refractivity contribution in [2.24, 2.45) is 7.05 Å². The van der Waals surface area contributed by atoms with Crippen LogP contribution in [0.4, 0.5) is 5.95 Å². The number of hydrogen-bond donors (Lipinski definition) is 2. The number of anilines is 1. The molecule has 0 aliphatic rings. The molecule has 0 saturated heterocycles. The number of rotatable bonds is 6. The average Bonchev–Trinajstić information content (AvgIpc) is 2.88. The molecule has 2 heterocycles. The van der Waals surface area contributed by atoms with Crippen LogP contribution in [0.15, 0.2) is 12.4 Å². The van der Waals surface area contributed by atoms with Crippen molar-refractivity contribution in [3.05, 3.63) is 29.6 Å². The van der Waals surface area contributed by atoms with Crippen LogP contribution in [0.3, 0.4) is 0 Å². The van der Waals surface area contributed by atoms with Crippen molar-refractivity contribution in [2.45, 2.75) is 19.8 Å². The molecule has 2 rings (SSSR count). The molecule has 0 spiro atoms. The van der Waals surface area contributed by atoms with Gasteiger partial charge in [-0.15, -0.1) is 0 Å². The van der Waals surface area contributed by atoms with E-state index in [-0.39, 0.29) is 5.91 Å². The first-order valence-corrected chi connectivity index (χ1v) is 6.74. The third-order valence-electron chi connectivity index (χ3n) is 2.82. The molecule has 21 heavy (non-hydrogen) atoms. The van der Waals surface area contributed by atoms with E-state index >= 15 is 0 Å². The maximum absolute atomic E-state index is 11.6. The van der Waals surface area contributed by atoms with E-state index in [9.17, 15) is 4.79 Å². The van der Waals surface area contributed by atoms with Gasteiger partial charge in [0.2, 0.25) is 5.95 Å². The molecule has 8 nitrogen and oxygen atoms in total. The molecule has 0 aliphatic heterocycles. The van der Waals surface area contributed by atoms with E-state index in [0.717, 1.165) is 24.4 Å². The Labute approximate surface area is 123 Å². The summed E-state index contributed by atoms with van der Waals surface area (Å²) in [6.07, 6.45) is 3.32. The van der Waals surface area contributed by atoms with Crippen LogP contribution in [0, 0.1) is 6.92 Å². The quantitative estimate of drug-likeness (QED) is 0.743. The van der Waals surface area contributed by atoms with E-state index in [1.54, 1.807) is 24.1 Å². The summed E-state index contributed by atoms with van der Waals surface area (Å²) < 4.78 is 1.68.